The van der Waals surface area contributed by atoms with Gasteiger partial charge in [0.25, 0.3) is 0 Å². The van der Waals surface area contributed by atoms with Gasteiger partial charge in [-0.1, -0.05) is 12.1 Å². The first-order valence-corrected chi connectivity index (χ1v) is 8.03. The maximum absolute atomic E-state index is 12.7. The van der Waals surface area contributed by atoms with Crippen molar-refractivity contribution in [3.05, 3.63) is 20.8 Å². The zero-order valence-corrected chi connectivity index (χ0v) is 13.9. The second kappa shape index (κ2) is 5.73. The summed E-state index contributed by atoms with van der Waals surface area (Å²) in [6.07, 6.45) is 1.28. The zero-order valence-electron chi connectivity index (χ0n) is 11.5. The molecule has 1 heterocycles. The summed E-state index contributed by atoms with van der Waals surface area (Å²) in [4.78, 5) is 15.4. The third kappa shape index (κ3) is 2.69. The summed E-state index contributed by atoms with van der Waals surface area (Å²) in [7, 11) is 1.76. The standard InChI is InChI=1S/C13H18BrN3O2S/c1-8-4-13(5-8,11(15)16-19)12(18)17(2)6-10-3-9(14)7-20-10/h3,7-8,19H,4-6H2,1-2H3,(H2,15,16). The van der Waals surface area contributed by atoms with Crippen LogP contribution in [0.2, 0.25) is 0 Å². The predicted molar refractivity (Wildman–Crippen MR) is 82.7 cm³/mol. The molecule has 0 aromatic carbocycles. The largest absolute Gasteiger partial charge is 0.409 e. The highest BCUT2D eigenvalue weighted by atomic mass is 79.9. The number of amides is 1. The van der Waals surface area contributed by atoms with Crippen LogP contribution in [0.1, 0.15) is 24.6 Å². The van der Waals surface area contributed by atoms with Crippen LogP contribution in [-0.2, 0) is 11.3 Å². The number of nitrogens with two attached hydrogens (primary N) is 1. The van der Waals surface area contributed by atoms with Crippen LogP contribution in [0.5, 0.6) is 0 Å². The number of oxime groups is 1. The molecule has 0 saturated heterocycles. The molecule has 110 valence electrons. The van der Waals surface area contributed by atoms with E-state index in [9.17, 15) is 4.79 Å². The van der Waals surface area contributed by atoms with Gasteiger partial charge in [-0.05, 0) is 40.8 Å². The van der Waals surface area contributed by atoms with E-state index in [0.29, 0.717) is 25.3 Å². The van der Waals surface area contributed by atoms with Crippen molar-refractivity contribution in [1.82, 2.24) is 4.90 Å². The number of hydrogen-bond acceptors (Lipinski definition) is 4. The number of rotatable bonds is 4. The molecule has 1 fully saturated rings. The Morgan fingerprint density at radius 2 is 2.35 bits per heavy atom. The lowest BCUT2D eigenvalue weighted by atomic mass is 9.61. The highest BCUT2D eigenvalue weighted by Gasteiger charge is 2.53. The first-order valence-electron chi connectivity index (χ1n) is 6.35. The minimum atomic E-state index is -0.822. The van der Waals surface area contributed by atoms with Crippen LogP contribution in [0.15, 0.2) is 21.1 Å². The van der Waals surface area contributed by atoms with E-state index in [4.69, 9.17) is 10.9 Å². The molecule has 1 aliphatic carbocycles. The molecule has 1 amide bonds. The maximum Gasteiger partial charge on any atom is 0.236 e. The van der Waals surface area contributed by atoms with Crippen molar-refractivity contribution in [2.75, 3.05) is 7.05 Å². The lowest BCUT2D eigenvalue weighted by molar-refractivity contribution is -0.143. The quantitative estimate of drug-likeness (QED) is 0.375. The van der Waals surface area contributed by atoms with E-state index in [0.717, 1.165) is 9.35 Å². The molecule has 1 aromatic heterocycles. The van der Waals surface area contributed by atoms with Crippen molar-refractivity contribution in [3.63, 3.8) is 0 Å². The Morgan fingerprint density at radius 3 is 2.80 bits per heavy atom. The first kappa shape index (κ1) is 15.3. The van der Waals surface area contributed by atoms with Gasteiger partial charge in [-0.25, -0.2) is 0 Å². The molecule has 1 saturated carbocycles. The number of halogens is 1. The number of nitrogens with zero attached hydrogens (tertiary/aromatic N) is 2. The van der Waals surface area contributed by atoms with Crippen LogP contribution >= 0.6 is 27.3 Å². The van der Waals surface area contributed by atoms with E-state index in [1.807, 2.05) is 11.4 Å². The van der Waals surface area contributed by atoms with Crippen LogP contribution in [0, 0.1) is 11.3 Å². The molecular formula is C13H18BrN3O2S. The van der Waals surface area contributed by atoms with E-state index < -0.39 is 5.41 Å². The van der Waals surface area contributed by atoms with Crippen LogP contribution in [-0.4, -0.2) is 28.9 Å². The SMILES string of the molecule is CC1CC(C(=O)N(C)Cc2cc(Br)cs2)(C(N)=NO)C1. The van der Waals surface area contributed by atoms with Gasteiger partial charge in [-0.15, -0.1) is 11.3 Å². The number of amidine groups is 1. The molecule has 1 aliphatic rings. The third-order valence-corrected chi connectivity index (χ3v) is 5.45. The second-order valence-corrected chi connectivity index (χ2v) is 7.38. The van der Waals surface area contributed by atoms with Gasteiger partial charge in [0.1, 0.15) is 5.41 Å². The van der Waals surface area contributed by atoms with Gasteiger partial charge >= 0.3 is 0 Å². The van der Waals surface area contributed by atoms with E-state index in [-0.39, 0.29) is 11.7 Å². The van der Waals surface area contributed by atoms with Crippen molar-refractivity contribution in [3.8, 4) is 0 Å². The molecule has 7 heteroatoms. The number of thiophene rings is 1. The molecule has 3 N–H and O–H groups in total. The Labute approximate surface area is 130 Å². The Morgan fingerprint density at radius 1 is 1.70 bits per heavy atom. The predicted octanol–water partition coefficient (Wildman–Crippen LogP) is 2.63. The van der Waals surface area contributed by atoms with Crippen LogP contribution in [0.4, 0.5) is 0 Å². The Balaban J connectivity index is 2.12. The van der Waals surface area contributed by atoms with Gasteiger partial charge in [-0.2, -0.15) is 0 Å². The monoisotopic (exact) mass is 359 g/mol. The van der Waals surface area contributed by atoms with E-state index in [2.05, 4.69) is 28.0 Å². The van der Waals surface area contributed by atoms with Gasteiger partial charge in [0, 0.05) is 21.8 Å². The fourth-order valence-corrected chi connectivity index (χ4v) is 4.33. The molecule has 0 aliphatic heterocycles. The summed E-state index contributed by atoms with van der Waals surface area (Å²) < 4.78 is 1.02. The van der Waals surface area contributed by atoms with Crippen molar-refractivity contribution >= 4 is 39.0 Å². The lowest BCUT2D eigenvalue weighted by Crippen LogP contribution is -2.56. The van der Waals surface area contributed by atoms with Crippen molar-refractivity contribution in [2.45, 2.75) is 26.3 Å². The Kier molecular flexibility index (Phi) is 4.39. The molecule has 20 heavy (non-hydrogen) atoms. The lowest BCUT2D eigenvalue weighted by Gasteiger charge is -2.45. The van der Waals surface area contributed by atoms with Crippen LogP contribution in [0.3, 0.4) is 0 Å². The molecule has 0 radical (unpaired) electrons. The van der Waals surface area contributed by atoms with Gasteiger partial charge in [0.05, 0.1) is 6.54 Å². The van der Waals surface area contributed by atoms with E-state index >= 15 is 0 Å². The average Bonchev–Trinajstić information content (AvgIpc) is 2.78. The molecule has 0 unspecified atom stereocenters. The van der Waals surface area contributed by atoms with Gasteiger partial charge in [-0.3, -0.25) is 4.79 Å². The number of carbonyl (C=O) groups is 1. The Hall–Kier alpha value is -1.08. The average molecular weight is 360 g/mol. The molecule has 0 atom stereocenters. The summed E-state index contributed by atoms with van der Waals surface area (Å²) >= 11 is 5.00. The molecule has 0 spiro atoms. The summed E-state index contributed by atoms with van der Waals surface area (Å²) in [5, 5.41) is 14.0. The molecule has 2 rings (SSSR count). The smallest absolute Gasteiger partial charge is 0.236 e. The minimum Gasteiger partial charge on any atom is -0.409 e. The number of carbonyl (C=O) groups excluding carboxylic acids is 1. The molecule has 0 bridgehead atoms. The topological polar surface area (TPSA) is 78.9 Å². The first-order chi connectivity index (χ1) is 9.39. The van der Waals surface area contributed by atoms with Gasteiger partial charge in [0.15, 0.2) is 5.84 Å². The van der Waals surface area contributed by atoms with Gasteiger partial charge < -0.3 is 15.8 Å². The fourth-order valence-electron chi connectivity index (χ4n) is 2.83. The number of hydrogen-bond donors (Lipinski definition) is 2. The van der Waals surface area contributed by atoms with E-state index in [1.54, 1.807) is 23.3 Å². The maximum atomic E-state index is 12.7. The third-order valence-electron chi connectivity index (χ3n) is 3.76. The van der Waals surface area contributed by atoms with Crippen molar-refractivity contribution < 1.29 is 10.0 Å². The minimum absolute atomic E-state index is 0.0276. The molecular weight excluding hydrogens is 342 g/mol. The fraction of sp³-hybridized carbons (Fsp3) is 0.538. The summed E-state index contributed by atoms with van der Waals surface area (Å²) in [6.45, 7) is 2.59. The van der Waals surface area contributed by atoms with Crippen LogP contribution < -0.4 is 5.73 Å². The van der Waals surface area contributed by atoms with Crippen LogP contribution in [0.25, 0.3) is 0 Å². The Bertz CT molecular complexity index is 537. The summed E-state index contributed by atoms with van der Waals surface area (Å²) in [6, 6.07) is 1.99. The highest BCUT2D eigenvalue weighted by molar-refractivity contribution is 9.10. The van der Waals surface area contributed by atoms with Crippen molar-refractivity contribution in [2.24, 2.45) is 22.2 Å². The van der Waals surface area contributed by atoms with Gasteiger partial charge in [0.2, 0.25) is 5.91 Å². The van der Waals surface area contributed by atoms with Crippen molar-refractivity contribution in [1.29, 1.82) is 0 Å². The normalized spacial score (nSPS) is 26.1. The highest BCUT2D eigenvalue weighted by Crippen LogP contribution is 2.47. The zero-order chi connectivity index (χ0) is 14.9. The summed E-state index contributed by atoms with van der Waals surface area (Å²) in [5.41, 5.74) is 4.94. The molecule has 1 aromatic rings. The van der Waals surface area contributed by atoms with E-state index in [1.165, 1.54) is 0 Å². The summed E-state index contributed by atoms with van der Waals surface area (Å²) in [5.74, 6) is 0.374. The second-order valence-electron chi connectivity index (χ2n) is 5.47. The molecule has 5 nitrogen and oxygen atoms in total.